The largest absolute Gasteiger partial charge is 0.317 e. The first-order valence-corrected chi connectivity index (χ1v) is 8.53. The molecule has 2 amide bonds. The minimum absolute atomic E-state index is 0.118. The number of nitrogens with zero attached hydrogens (tertiary/aromatic N) is 2. The van der Waals surface area contributed by atoms with Crippen LogP contribution in [0.5, 0.6) is 0 Å². The zero-order valence-corrected chi connectivity index (χ0v) is 14.2. The highest BCUT2D eigenvalue weighted by atomic mass is 32.2. The molecule has 2 aromatic rings. The van der Waals surface area contributed by atoms with Crippen molar-refractivity contribution in [2.75, 3.05) is 0 Å². The lowest BCUT2D eigenvalue weighted by Gasteiger charge is -2.19. The third kappa shape index (κ3) is 3.01. The summed E-state index contributed by atoms with van der Waals surface area (Å²) in [6.45, 7) is 3.80. The van der Waals surface area contributed by atoms with Gasteiger partial charge >= 0.3 is 0 Å². The Morgan fingerprint density at radius 1 is 1.21 bits per heavy atom. The van der Waals surface area contributed by atoms with Crippen LogP contribution in [0.25, 0.3) is 11.8 Å². The Balaban J connectivity index is 1.93. The van der Waals surface area contributed by atoms with Crippen molar-refractivity contribution in [3.63, 3.8) is 0 Å². The molecule has 1 atom stereocenters. The van der Waals surface area contributed by atoms with Gasteiger partial charge in [0.1, 0.15) is 5.82 Å². The minimum atomic E-state index is -0.304. The Bertz CT molecular complexity index is 811. The summed E-state index contributed by atoms with van der Waals surface area (Å²) < 4.78 is 14.9. The number of carbonyl (C=O) groups excluding carboxylic acids is 2. The van der Waals surface area contributed by atoms with Gasteiger partial charge in [0.2, 0.25) is 0 Å². The summed E-state index contributed by atoms with van der Waals surface area (Å²) in [5, 5.41) is -0.236. The van der Waals surface area contributed by atoms with Crippen LogP contribution in [0, 0.1) is 5.82 Å². The number of imide groups is 1. The van der Waals surface area contributed by atoms with Gasteiger partial charge in [-0.05, 0) is 67.6 Å². The number of hydrogen-bond acceptors (Lipinski definition) is 3. The molecule has 3 rings (SSSR count). The van der Waals surface area contributed by atoms with Gasteiger partial charge in [0.15, 0.2) is 0 Å². The van der Waals surface area contributed by atoms with Crippen LogP contribution in [0.1, 0.15) is 26.0 Å². The number of amides is 2. The molecular weight excluding hydrogens is 327 g/mol. The van der Waals surface area contributed by atoms with E-state index in [9.17, 15) is 14.0 Å². The SMILES string of the molecule is CC[C@@H](C)N1C(=O)S/C(=C/c2cccn2-c2ccc(F)cc2)C1=O. The van der Waals surface area contributed by atoms with Crippen molar-refractivity contribution in [3.05, 3.63) is 59.0 Å². The van der Waals surface area contributed by atoms with Gasteiger partial charge in [0.25, 0.3) is 11.1 Å². The lowest BCUT2D eigenvalue weighted by Crippen LogP contribution is -2.36. The molecule has 0 N–H and O–H groups in total. The molecule has 1 saturated heterocycles. The lowest BCUT2D eigenvalue weighted by molar-refractivity contribution is -0.124. The Morgan fingerprint density at radius 3 is 2.58 bits per heavy atom. The maximum atomic E-state index is 13.1. The Kier molecular flexibility index (Phi) is 4.57. The molecule has 4 nitrogen and oxygen atoms in total. The normalized spacial score (nSPS) is 17.8. The van der Waals surface area contributed by atoms with Gasteiger partial charge in [-0.1, -0.05) is 6.92 Å². The van der Waals surface area contributed by atoms with Crippen molar-refractivity contribution in [2.45, 2.75) is 26.3 Å². The molecular formula is C18H17FN2O2S. The summed E-state index contributed by atoms with van der Waals surface area (Å²) in [4.78, 5) is 26.3. The number of hydrogen-bond donors (Lipinski definition) is 0. The van der Waals surface area contributed by atoms with Crippen LogP contribution >= 0.6 is 11.8 Å². The maximum absolute atomic E-state index is 13.1. The second kappa shape index (κ2) is 6.65. The maximum Gasteiger partial charge on any atom is 0.293 e. The highest BCUT2D eigenvalue weighted by Gasteiger charge is 2.37. The van der Waals surface area contributed by atoms with Crippen molar-refractivity contribution in [2.24, 2.45) is 0 Å². The third-order valence-electron chi connectivity index (χ3n) is 4.02. The number of carbonyl (C=O) groups is 2. The van der Waals surface area contributed by atoms with E-state index in [1.54, 1.807) is 18.2 Å². The third-order valence-corrected chi connectivity index (χ3v) is 4.90. The summed E-state index contributed by atoms with van der Waals surface area (Å²) >= 11 is 0.955. The zero-order chi connectivity index (χ0) is 17.3. The molecule has 6 heteroatoms. The first-order chi connectivity index (χ1) is 11.5. The van der Waals surface area contributed by atoms with Crippen LogP contribution in [0.15, 0.2) is 47.5 Å². The summed E-state index contributed by atoms with van der Waals surface area (Å²) in [5.41, 5.74) is 1.55. The second-order valence-corrected chi connectivity index (χ2v) is 6.58. The van der Waals surface area contributed by atoms with Crippen LogP contribution < -0.4 is 0 Å². The van der Waals surface area contributed by atoms with E-state index in [1.807, 2.05) is 36.7 Å². The Morgan fingerprint density at radius 2 is 1.92 bits per heavy atom. The van der Waals surface area contributed by atoms with Gasteiger partial charge in [0.05, 0.1) is 4.91 Å². The first-order valence-electron chi connectivity index (χ1n) is 7.71. The van der Waals surface area contributed by atoms with E-state index in [-0.39, 0.29) is 23.0 Å². The van der Waals surface area contributed by atoms with E-state index in [0.717, 1.165) is 29.6 Å². The fourth-order valence-corrected chi connectivity index (χ4v) is 3.44. The highest BCUT2D eigenvalue weighted by molar-refractivity contribution is 8.18. The molecule has 1 aromatic heterocycles. The molecule has 0 saturated carbocycles. The fourth-order valence-electron chi connectivity index (χ4n) is 2.53. The van der Waals surface area contributed by atoms with E-state index in [2.05, 4.69) is 0 Å². The van der Waals surface area contributed by atoms with Crippen LogP contribution in [-0.2, 0) is 4.79 Å². The van der Waals surface area contributed by atoms with Crippen molar-refractivity contribution >= 4 is 29.0 Å². The van der Waals surface area contributed by atoms with Crippen molar-refractivity contribution in [1.82, 2.24) is 9.47 Å². The average Bonchev–Trinajstić information content (AvgIpc) is 3.13. The number of aromatic nitrogens is 1. The number of benzene rings is 1. The molecule has 0 bridgehead atoms. The van der Waals surface area contributed by atoms with Gasteiger partial charge in [-0.2, -0.15) is 0 Å². The lowest BCUT2D eigenvalue weighted by atomic mass is 10.2. The van der Waals surface area contributed by atoms with Crippen LogP contribution in [-0.4, -0.2) is 26.7 Å². The van der Waals surface area contributed by atoms with Crippen molar-refractivity contribution in [3.8, 4) is 5.69 Å². The predicted molar refractivity (Wildman–Crippen MR) is 93.3 cm³/mol. The molecule has 1 aliphatic rings. The van der Waals surface area contributed by atoms with Crippen LogP contribution in [0.3, 0.4) is 0 Å². The Hall–Kier alpha value is -2.34. The second-order valence-electron chi connectivity index (χ2n) is 5.59. The van der Waals surface area contributed by atoms with Crippen molar-refractivity contribution < 1.29 is 14.0 Å². The van der Waals surface area contributed by atoms with E-state index >= 15 is 0 Å². The summed E-state index contributed by atoms with van der Waals surface area (Å²) in [5.74, 6) is -0.562. The van der Waals surface area contributed by atoms with Gasteiger partial charge in [-0.25, -0.2) is 4.39 Å². The molecule has 1 aliphatic heterocycles. The summed E-state index contributed by atoms with van der Waals surface area (Å²) in [6.07, 6.45) is 4.26. The van der Waals surface area contributed by atoms with Gasteiger partial charge in [0, 0.05) is 23.6 Å². The molecule has 1 fully saturated rings. The molecule has 2 heterocycles. The average molecular weight is 344 g/mol. The van der Waals surface area contributed by atoms with E-state index in [4.69, 9.17) is 0 Å². The standard InChI is InChI=1S/C18H17FN2O2S/c1-3-12(2)21-17(22)16(24-18(21)23)11-15-5-4-10-20(15)14-8-6-13(19)7-9-14/h4-12H,3H2,1-2H3/b16-11+/t12-/m1/s1. The van der Waals surface area contributed by atoms with Gasteiger partial charge < -0.3 is 4.57 Å². The van der Waals surface area contributed by atoms with Crippen LogP contribution in [0.4, 0.5) is 9.18 Å². The first kappa shape index (κ1) is 16.5. The molecule has 0 unspecified atom stereocenters. The van der Waals surface area contributed by atoms with E-state index in [1.165, 1.54) is 17.0 Å². The molecule has 0 spiro atoms. The summed E-state index contributed by atoms with van der Waals surface area (Å²) in [6, 6.07) is 9.67. The molecule has 0 radical (unpaired) electrons. The highest BCUT2D eigenvalue weighted by Crippen LogP contribution is 2.34. The van der Waals surface area contributed by atoms with E-state index in [0.29, 0.717) is 4.91 Å². The van der Waals surface area contributed by atoms with Gasteiger partial charge in [-0.15, -0.1) is 0 Å². The quantitative estimate of drug-likeness (QED) is 0.770. The molecule has 24 heavy (non-hydrogen) atoms. The van der Waals surface area contributed by atoms with Gasteiger partial charge in [-0.3, -0.25) is 14.5 Å². The fraction of sp³-hybridized carbons (Fsp3) is 0.222. The topological polar surface area (TPSA) is 42.3 Å². The molecule has 124 valence electrons. The minimum Gasteiger partial charge on any atom is -0.317 e. The summed E-state index contributed by atoms with van der Waals surface area (Å²) in [7, 11) is 0. The number of halogens is 1. The molecule has 1 aromatic carbocycles. The molecule has 0 aliphatic carbocycles. The van der Waals surface area contributed by atoms with Crippen LogP contribution in [0.2, 0.25) is 0 Å². The monoisotopic (exact) mass is 344 g/mol. The number of thioether (sulfide) groups is 1. The predicted octanol–water partition coefficient (Wildman–Crippen LogP) is 4.45. The smallest absolute Gasteiger partial charge is 0.293 e. The van der Waals surface area contributed by atoms with Crippen molar-refractivity contribution in [1.29, 1.82) is 0 Å². The Labute approximate surface area is 144 Å². The number of rotatable bonds is 4. The van der Waals surface area contributed by atoms with E-state index < -0.39 is 0 Å². The zero-order valence-electron chi connectivity index (χ0n) is 13.4.